The second kappa shape index (κ2) is 5.33. The van der Waals surface area contributed by atoms with Gasteiger partial charge in [0.2, 0.25) is 0 Å². The van der Waals surface area contributed by atoms with Crippen molar-refractivity contribution in [3.63, 3.8) is 0 Å². The van der Waals surface area contributed by atoms with Gasteiger partial charge in [0.05, 0.1) is 11.4 Å². The van der Waals surface area contributed by atoms with Gasteiger partial charge in [0.25, 0.3) is 5.91 Å². The number of hydrogen-bond acceptors (Lipinski definition) is 2. The number of carbonyl (C=O) groups is 1. The smallest absolute Gasteiger partial charge is 0.256 e. The van der Waals surface area contributed by atoms with Gasteiger partial charge < -0.3 is 11.1 Å². The molecule has 98 valence electrons. The first-order chi connectivity index (χ1) is 8.99. The van der Waals surface area contributed by atoms with Crippen molar-refractivity contribution in [2.24, 2.45) is 0 Å². The number of benzene rings is 2. The Bertz CT molecular complexity index is 638. The van der Waals surface area contributed by atoms with Crippen molar-refractivity contribution < 1.29 is 4.79 Å². The van der Waals surface area contributed by atoms with Gasteiger partial charge in [-0.2, -0.15) is 0 Å². The second-order valence-electron chi connectivity index (χ2n) is 4.46. The summed E-state index contributed by atoms with van der Waals surface area (Å²) in [7, 11) is 0. The molecule has 0 atom stereocenters. The van der Waals surface area contributed by atoms with E-state index in [1.807, 2.05) is 26.0 Å². The molecule has 0 fully saturated rings. The Labute approximate surface area is 117 Å². The highest BCUT2D eigenvalue weighted by atomic mass is 35.5. The van der Waals surface area contributed by atoms with Gasteiger partial charge in [0.15, 0.2) is 0 Å². The van der Waals surface area contributed by atoms with Gasteiger partial charge in [-0.3, -0.25) is 4.79 Å². The van der Waals surface area contributed by atoms with Crippen LogP contribution in [-0.4, -0.2) is 5.91 Å². The van der Waals surface area contributed by atoms with Crippen LogP contribution in [0.3, 0.4) is 0 Å². The van der Waals surface area contributed by atoms with Crippen LogP contribution in [0, 0.1) is 13.8 Å². The van der Waals surface area contributed by atoms with Gasteiger partial charge >= 0.3 is 0 Å². The van der Waals surface area contributed by atoms with Crippen molar-refractivity contribution in [3.8, 4) is 0 Å². The molecule has 0 aliphatic heterocycles. The number of nitrogens with two attached hydrogens (primary N) is 1. The maximum atomic E-state index is 12.2. The van der Waals surface area contributed by atoms with E-state index in [-0.39, 0.29) is 5.91 Å². The summed E-state index contributed by atoms with van der Waals surface area (Å²) in [4.78, 5) is 12.2. The molecule has 0 radical (unpaired) electrons. The van der Waals surface area contributed by atoms with E-state index in [9.17, 15) is 4.79 Å². The molecule has 0 aliphatic rings. The summed E-state index contributed by atoms with van der Waals surface area (Å²) in [6, 6.07) is 10.8. The van der Waals surface area contributed by atoms with Gasteiger partial charge in [0.1, 0.15) is 0 Å². The summed E-state index contributed by atoms with van der Waals surface area (Å²) in [6.07, 6.45) is 0. The lowest BCUT2D eigenvalue weighted by atomic mass is 10.1. The van der Waals surface area contributed by atoms with E-state index in [0.717, 1.165) is 11.1 Å². The predicted molar refractivity (Wildman–Crippen MR) is 79.7 cm³/mol. The molecule has 3 N–H and O–H groups in total. The number of hydrogen-bond donors (Lipinski definition) is 2. The van der Waals surface area contributed by atoms with E-state index >= 15 is 0 Å². The molecule has 19 heavy (non-hydrogen) atoms. The highest BCUT2D eigenvalue weighted by Gasteiger charge is 2.12. The minimum Gasteiger partial charge on any atom is -0.397 e. The van der Waals surface area contributed by atoms with Crippen LogP contribution in [-0.2, 0) is 0 Å². The summed E-state index contributed by atoms with van der Waals surface area (Å²) in [5, 5.41) is 3.37. The van der Waals surface area contributed by atoms with Gasteiger partial charge in [-0.25, -0.2) is 0 Å². The third-order valence-corrected chi connectivity index (χ3v) is 3.38. The van der Waals surface area contributed by atoms with Crippen molar-refractivity contribution >= 4 is 28.9 Å². The van der Waals surface area contributed by atoms with Crippen molar-refractivity contribution in [2.75, 3.05) is 11.1 Å². The number of rotatable bonds is 2. The normalized spacial score (nSPS) is 10.3. The Hall–Kier alpha value is -2.00. The summed E-state index contributed by atoms with van der Waals surface area (Å²) in [5.41, 5.74) is 9.39. The van der Waals surface area contributed by atoms with Crippen LogP contribution < -0.4 is 11.1 Å². The Morgan fingerprint density at radius 1 is 1.21 bits per heavy atom. The van der Waals surface area contributed by atoms with Crippen LogP contribution in [0.4, 0.5) is 11.4 Å². The predicted octanol–water partition coefficient (Wildman–Crippen LogP) is 3.79. The third-order valence-electron chi connectivity index (χ3n) is 2.97. The van der Waals surface area contributed by atoms with E-state index in [1.165, 1.54) is 0 Å². The lowest BCUT2D eigenvalue weighted by molar-refractivity contribution is 0.102. The molecule has 3 nitrogen and oxygen atoms in total. The second-order valence-corrected chi connectivity index (χ2v) is 4.86. The molecule has 0 aromatic heterocycles. The monoisotopic (exact) mass is 274 g/mol. The van der Waals surface area contributed by atoms with Crippen LogP contribution in [0.15, 0.2) is 36.4 Å². The maximum absolute atomic E-state index is 12.2. The topological polar surface area (TPSA) is 55.1 Å². The first kappa shape index (κ1) is 13.4. The Morgan fingerprint density at radius 3 is 2.63 bits per heavy atom. The largest absolute Gasteiger partial charge is 0.397 e. The average Bonchev–Trinajstić information content (AvgIpc) is 2.36. The zero-order chi connectivity index (χ0) is 14.0. The molecule has 2 rings (SSSR count). The molecule has 4 heteroatoms. The van der Waals surface area contributed by atoms with Crippen LogP contribution in [0.1, 0.15) is 21.5 Å². The molecule has 2 aromatic carbocycles. The Morgan fingerprint density at radius 2 is 1.95 bits per heavy atom. The number of nitrogen functional groups attached to an aromatic ring is 1. The highest BCUT2D eigenvalue weighted by Crippen LogP contribution is 2.23. The number of halogens is 1. The standard InChI is InChI=1S/C15H15ClN2O/c1-9-6-7-14(13(17)8-9)18-15(19)11-4-3-5-12(16)10(11)2/h3-8H,17H2,1-2H3,(H,18,19). The molecule has 0 saturated heterocycles. The average molecular weight is 275 g/mol. The van der Waals surface area contributed by atoms with Crippen LogP contribution >= 0.6 is 11.6 Å². The Balaban J connectivity index is 2.28. The zero-order valence-corrected chi connectivity index (χ0v) is 11.6. The molecule has 0 spiro atoms. The first-order valence-corrected chi connectivity index (χ1v) is 6.29. The molecule has 0 aliphatic carbocycles. The molecule has 1 amide bonds. The number of aryl methyl sites for hydroxylation is 1. The zero-order valence-electron chi connectivity index (χ0n) is 10.8. The van der Waals surface area contributed by atoms with Crippen molar-refractivity contribution in [2.45, 2.75) is 13.8 Å². The summed E-state index contributed by atoms with van der Waals surface area (Å²) >= 11 is 6.01. The van der Waals surface area contributed by atoms with Crippen LogP contribution in [0.5, 0.6) is 0 Å². The van der Waals surface area contributed by atoms with Gasteiger partial charge in [-0.05, 0) is 49.2 Å². The number of carbonyl (C=O) groups excluding carboxylic acids is 1. The first-order valence-electron chi connectivity index (χ1n) is 5.91. The minimum absolute atomic E-state index is 0.212. The quantitative estimate of drug-likeness (QED) is 0.819. The number of nitrogens with one attached hydrogen (secondary N) is 1. The highest BCUT2D eigenvalue weighted by molar-refractivity contribution is 6.32. The molecule has 0 unspecified atom stereocenters. The summed E-state index contributed by atoms with van der Waals surface area (Å²) in [5.74, 6) is -0.212. The van der Waals surface area contributed by atoms with Crippen LogP contribution in [0.25, 0.3) is 0 Å². The van der Waals surface area contributed by atoms with Crippen molar-refractivity contribution in [1.29, 1.82) is 0 Å². The molecule has 0 heterocycles. The lowest BCUT2D eigenvalue weighted by Gasteiger charge is -2.11. The number of amides is 1. The summed E-state index contributed by atoms with van der Waals surface area (Å²) in [6.45, 7) is 3.76. The fourth-order valence-electron chi connectivity index (χ4n) is 1.84. The van der Waals surface area contributed by atoms with Gasteiger partial charge in [0, 0.05) is 10.6 Å². The van der Waals surface area contributed by atoms with E-state index < -0.39 is 0 Å². The van der Waals surface area contributed by atoms with Crippen LogP contribution in [0.2, 0.25) is 5.02 Å². The fourth-order valence-corrected chi connectivity index (χ4v) is 2.01. The fraction of sp³-hybridized carbons (Fsp3) is 0.133. The van der Waals surface area contributed by atoms with Crippen molar-refractivity contribution in [3.05, 3.63) is 58.1 Å². The third kappa shape index (κ3) is 2.88. The molecule has 0 saturated carbocycles. The SMILES string of the molecule is Cc1ccc(NC(=O)c2cccc(Cl)c2C)c(N)c1. The maximum Gasteiger partial charge on any atom is 0.256 e. The van der Waals surface area contributed by atoms with Gasteiger partial charge in [-0.1, -0.05) is 23.7 Å². The Kier molecular flexibility index (Phi) is 3.76. The lowest BCUT2D eigenvalue weighted by Crippen LogP contribution is -2.14. The summed E-state index contributed by atoms with van der Waals surface area (Å²) < 4.78 is 0. The van der Waals surface area contributed by atoms with E-state index in [2.05, 4.69) is 5.32 Å². The van der Waals surface area contributed by atoms with E-state index in [1.54, 1.807) is 24.3 Å². The number of anilines is 2. The molecule has 2 aromatic rings. The molecular weight excluding hydrogens is 260 g/mol. The molecule has 0 bridgehead atoms. The van der Waals surface area contributed by atoms with Gasteiger partial charge in [-0.15, -0.1) is 0 Å². The minimum atomic E-state index is -0.212. The van der Waals surface area contributed by atoms with Crippen molar-refractivity contribution in [1.82, 2.24) is 0 Å². The van der Waals surface area contributed by atoms with E-state index in [4.69, 9.17) is 17.3 Å². The molecular formula is C15H15ClN2O. The van der Waals surface area contributed by atoms with E-state index in [0.29, 0.717) is 22.0 Å².